The first-order chi connectivity index (χ1) is 27.2. The van der Waals surface area contributed by atoms with Gasteiger partial charge in [0.2, 0.25) is 11.5 Å². The van der Waals surface area contributed by atoms with Gasteiger partial charge in [-0.3, -0.25) is 0 Å². The van der Waals surface area contributed by atoms with E-state index in [0.717, 1.165) is 22.3 Å². The molecule has 0 aliphatic heterocycles. The summed E-state index contributed by atoms with van der Waals surface area (Å²) in [5.74, 6) is 3.27. The van der Waals surface area contributed by atoms with Gasteiger partial charge in [-0.2, -0.15) is 0 Å². The smallest absolute Gasteiger partial charge is 0.204 e. The molecule has 0 N–H and O–H groups in total. The Morgan fingerprint density at radius 2 is 0.526 bits per heavy atom. The first-order valence-electron chi connectivity index (χ1n) is 19.9. The van der Waals surface area contributed by atoms with Gasteiger partial charge in [0.1, 0.15) is 26.4 Å². The molecular formula is C52H58O5. The van der Waals surface area contributed by atoms with E-state index >= 15 is 0 Å². The number of ether oxygens (including phenoxy) is 5. The van der Waals surface area contributed by atoms with Crippen molar-refractivity contribution in [3.8, 4) is 34.5 Å². The van der Waals surface area contributed by atoms with Gasteiger partial charge in [0.25, 0.3) is 0 Å². The van der Waals surface area contributed by atoms with Crippen molar-refractivity contribution in [2.45, 2.75) is 110 Å². The number of hydrogen-bond acceptors (Lipinski definition) is 5. The summed E-state index contributed by atoms with van der Waals surface area (Å²) in [4.78, 5) is 0. The molecule has 0 saturated carbocycles. The summed E-state index contributed by atoms with van der Waals surface area (Å²) in [5, 5.41) is 0. The third-order valence-corrected chi connectivity index (χ3v) is 10.9. The molecule has 6 aromatic carbocycles. The van der Waals surface area contributed by atoms with E-state index in [1.807, 2.05) is 36.4 Å². The normalized spacial score (nSPS) is 11.1. The predicted octanol–water partition coefficient (Wildman–Crippen LogP) is 13.5. The number of rotatable bonds is 14. The topological polar surface area (TPSA) is 46.2 Å². The molecule has 0 spiro atoms. The summed E-state index contributed by atoms with van der Waals surface area (Å²) >= 11 is 0. The van der Waals surface area contributed by atoms with Crippen LogP contribution >= 0.6 is 0 Å². The maximum absolute atomic E-state index is 6.88. The van der Waals surface area contributed by atoms with Crippen LogP contribution in [-0.2, 0) is 26.4 Å². The van der Waals surface area contributed by atoms with Crippen LogP contribution in [0.5, 0.6) is 34.5 Å². The lowest BCUT2D eigenvalue weighted by molar-refractivity contribution is 0.237. The first kappa shape index (κ1) is 41.0. The largest absolute Gasteiger partial charge is 0.485 e. The van der Waals surface area contributed by atoms with E-state index < -0.39 is 0 Å². The fraction of sp³-hybridized carbons (Fsp3) is 0.308. The number of hydrogen-bond donors (Lipinski definition) is 0. The Morgan fingerprint density at radius 1 is 0.298 bits per heavy atom. The molecule has 6 rings (SSSR count). The molecule has 0 saturated heterocycles. The summed E-state index contributed by atoms with van der Waals surface area (Å²) in [7, 11) is 0. The monoisotopic (exact) mass is 762 g/mol. The molecule has 6 aromatic rings. The molecule has 5 heteroatoms. The summed E-state index contributed by atoms with van der Waals surface area (Å²) in [6.07, 6.45) is 0. The molecule has 0 aromatic heterocycles. The second-order valence-corrected chi connectivity index (χ2v) is 15.9. The van der Waals surface area contributed by atoms with Crippen LogP contribution < -0.4 is 23.7 Å². The third kappa shape index (κ3) is 9.65. The molecule has 0 amide bonds. The molecule has 57 heavy (non-hydrogen) atoms. The molecule has 0 bridgehead atoms. The van der Waals surface area contributed by atoms with Gasteiger partial charge in [-0.25, -0.2) is 0 Å². The van der Waals surface area contributed by atoms with E-state index in [1.165, 1.54) is 66.8 Å². The lowest BCUT2D eigenvalue weighted by Gasteiger charge is -2.22. The van der Waals surface area contributed by atoms with E-state index in [0.29, 0.717) is 60.9 Å². The van der Waals surface area contributed by atoms with Gasteiger partial charge in [-0.1, -0.05) is 82.9 Å². The molecule has 296 valence electrons. The fourth-order valence-electron chi connectivity index (χ4n) is 8.12. The van der Waals surface area contributed by atoms with Gasteiger partial charge < -0.3 is 23.7 Å². The van der Waals surface area contributed by atoms with Crippen LogP contribution in [0.2, 0.25) is 0 Å². The Bertz CT molecular complexity index is 2160. The van der Waals surface area contributed by atoms with Crippen molar-refractivity contribution in [1.29, 1.82) is 0 Å². The second kappa shape index (κ2) is 17.6. The van der Waals surface area contributed by atoms with E-state index in [-0.39, 0.29) is 0 Å². The van der Waals surface area contributed by atoms with Crippen LogP contribution in [-0.4, -0.2) is 0 Å². The van der Waals surface area contributed by atoms with Gasteiger partial charge >= 0.3 is 0 Å². The maximum atomic E-state index is 6.88. The van der Waals surface area contributed by atoms with Crippen LogP contribution in [0, 0.1) is 83.1 Å². The maximum Gasteiger partial charge on any atom is 0.204 e. The quantitative estimate of drug-likeness (QED) is 0.111. The van der Waals surface area contributed by atoms with Crippen LogP contribution in [0.1, 0.15) is 89.0 Å². The highest BCUT2D eigenvalue weighted by atomic mass is 16.6. The fourth-order valence-corrected chi connectivity index (χ4v) is 8.12. The number of benzene rings is 6. The highest BCUT2D eigenvalue weighted by Gasteiger charge is 2.21. The van der Waals surface area contributed by atoms with Crippen molar-refractivity contribution in [2.24, 2.45) is 0 Å². The second-order valence-electron chi connectivity index (χ2n) is 15.9. The molecule has 0 radical (unpaired) electrons. The van der Waals surface area contributed by atoms with Crippen molar-refractivity contribution < 1.29 is 23.7 Å². The summed E-state index contributed by atoms with van der Waals surface area (Å²) < 4.78 is 33.6. The van der Waals surface area contributed by atoms with Gasteiger partial charge in [-0.15, -0.1) is 0 Å². The Kier molecular flexibility index (Phi) is 12.7. The third-order valence-electron chi connectivity index (χ3n) is 10.9. The molecular weight excluding hydrogens is 705 g/mol. The minimum atomic E-state index is 0.352. The standard InChI is InChI=1S/C52H58O5/c1-31-19-35(5)43(36(6)20-31)27-53-47-15-13-17-49(51(47)55-29-45-39(9)23-33(3)24-40(45)10)57-50-18-14-16-48(54-28-44-37(7)21-32(2)22-38(44)8)52(50)56-30-46-41(11)25-34(4)26-42(46)12/h13-26H,27-30H2,1-12H3. The van der Waals surface area contributed by atoms with E-state index in [4.69, 9.17) is 23.7 Å². The molecule has 0 atom stereocenters. The van der Waals surface area contributed by atoms with Crippen LogP contribution in [0.4, 0.5) is 0 Å². The lowest BCUT2D eigenvalue weighted by Crippen LogP contribution is -2.07. The average Bonchev–Trinajstić information content (AvgIpc) is 3.11. The zero-order chi connectivity index (χ0) is 41.0. The van der Waals surface area contributed by atoms with Crippen molar-refractivity contribution in [3.05, 3.63) is 174 Å². The first-order valence-corrected chi connectivity index (χ1v) is 19.9. The zero-order valence-electron chi connectivity index (χ0n) is 36.0. The van der Waals surface area contributed by atoms with Crippen molar-refractivity contribution in [1.82, 2.24) is 0 Å². The van der Waals surface area contributed by atoms with E-state index in [2.05, 4.69) is 132 Å². The summed E-state index contributed by atoms with van der Waals surface area (Å²) in [6.45, 7) is 27.1. The Balaban J connectivity index is 1.40. The Hall–Kier alpha value is -5.68. The van der Waals surface area contributed by atoms with Crippen LogP contribution in [0.3, 0.4) is 0 Å². The molecule has 0 unspecified atom stereocenters. The van der Waals surface area contributed by atoms with Gasteiger partial charge in [0.05, 0.1) is 0 Å². The summed E-state index contributed by atoms with van der Waals surface area (Å²) in [6, 6.07) is 29.2. The Labute approximate surface area is 340 Å². The number of para-hydroxylation sites is 2. The van der Waals surface area contributed by atoms with Crippen molar-refractivity contribution in [3.63, 3.8) is 0 Å². The average molecular weight is 763 g/mol. The molecule has 0 aliphatic carbocycles. The summed E-state index contributed by atoms with van der Waals surface area (Å²) in [5.41, 5.74) is 19.0. The van der Waals surface area contributed by atoms with Gasteiger partial charge in [-0.05, 0) is 174 Å². The predicted molar refractivity (Wildman–Crippen MR) is 233 cm³/mol. The molecule has 0 aliphatic rings. The van der Waals surface area contributed by atoms with Gasteiger partial charge in [0, 0.05) is 0 Å². The lowest BCUT2D eigenvalue weighted by atomic mass is 10.0. The van der Waals surface area contributed by atoms with E-state index in [1.54, 1.807) is 0 Å². The van der Waals surface area contributed by atoms with E-state index in [9.17, 15) is 0 Å². The SMILES string of the molecule is Cc1cc(C)c(COc2cccc(Oc3cccc(OCc4c(C)cc(C)cc4C)c3OCc3c(C)cc(C)cc3C)c2OCc2c(C)cc(C)cc2C)c(C)c1. The minimum absolute atomic E-state index is 0.352. The van der Waals surface area contributed by atoms with Crippen molar-refractivity contribution in [2.75, 3.05) is 0 Å². The Morgan fingerprint density at radius 3 is 0.789 bits per heavy atom. The van der Waals surface area contributed by atoms with Crippen LogP contribution in [0.15, 0.2) is 84.9 Å². The highest BCUT2D eigenvalue weighted by Crippen LogP contribution is 2.46. The minimum Gasteiger partial charge on any atom is -0.485 e. The number of aryl methyl sites for hydroxylation is 12. The van der Waals surface area contributed by atoms with Crippen molar-refractivity contribution >= 4 is 0 Å². The van der Waals surface area contributed by atoms with Gasteiger partial charge in [0.15, 0.2) is 23.0 Å². The van der Waals surface area contributed by atoms with Crippen LogP contribution in [0.25, 0.3) is 0 Å². The zero-order valence-corrected chi connectivity index (χ0v) is 36.0. The molecule has 0 fully saturated rings. The molecule has 0 heterocycles. The molecule has 5 nitrogen and oxygen atoms in total. The highest BCUT2D eigenvalue weighted by molar-refractivity contribution is 5.58.